The third kappa shape index (κ3) is 12.1. The molecule has 4 unspecified atom stereocenters. The van der Waals surface area contributed by atoms with Gasteiger partial charge in [-0.05, 0) is 111 Å². The normalized spacial score (nSPS) is 31.1. The molecular formula is C41H66N4O14. The molecule has 8 N–H and O–H groups in total. The second-order valence-electron chi connectivity index (χ2n) is 18.3. The van der Waals surface area contributed by atoms with Crippen molar-refractivity contribution in [3.63, 3.8) is 0 Å². The second-order valence-corrected chi connectivity index (χ2v) is 18.3. The lowest BCUT2D eigenvalue weighted by molar-refractivity contribution is -0.170. The Labute approximate surface area is 345 Å². The Balaban J connectivity index is 1.39. The van der Waals surface area contributed by atoms with Gasteiger partial charge in [-0.25, -0.2) is 0 Å². The van der Waals surface area contributed by atoms with Crippen LogP contribution in [-0.4, -0.2) is 163 Å². The zero-order chi connectivity index (χ0) is 43.8. The molecule has 0 radical (unpaired) electrons. The molecule has 4 aliphatic rings. The van der Waals surface area contributed by atoms with Gasteiger partial charge in [0.05, 0.1) is 32.3 Å². The molecule has 4 saturated carbocycles. The predicted molar refractivity (Wildman–Crippen MR) is 210 cm³/mol. The number of aliphatic carboxylic acids is 6. The number of fused-ring (bicyclic) bond motifs is 5. The SMILES string of the molecule is CC(CCC(=O)O)[C@H]1CCC2C3CC[C@@H]4C[C@@H](NC(=O)CC[C@@H](C(=O)O)N(CCN(CC(=O)O)CC(=O)O)CCN(CC(=O)O)CC(=O)O)CC[C@]4(C)C3C[C@H](O)[C@@]21C. The molecule has 18 heteroatoms. The van der Waals surface area contributed by atoms with Crippen molar-refractivity contribution >= 4 is 41.7 Å². The van der Waals surface area contributed by atoms with Crippen LogP contribution in [0.5, 0.6) is 0 Å². The van der Waals surface area contributed by atoms with Crippen LogP contribution in [0.15, 0.2) is 0 Å². The van der Waals surface area contributed by atoms with Crippen LogP contribution >= 0.6 is 0 Å². The van der Waals surface area contributed by atoms with Gasteiger partial charge in [0.25, 0.3) is 0 Å². The topological polar surface area (TPSA) is 283 Å². The summed E-state index contributed by atoms with van der Waals surface area (Å²) in [5.74, 6) is -5.61. The minimum Gasteiger partial charge on any atom is -0.481 e. The van der Waals surface area contributed by atoms with E-state index in [-0.39, 0.29) is 80.1 Å². The van der Waals surface area contributed by atoms with Crippen LogP contribution in [0.1, 0.15) is 97.8 Å². The van der Waals surface area contributed by atoms with Gasteiger partial charge in [0.2, 0.25) is 5.91 Å². The molecule has 0 aromatic carbocycles. The van der Waals surface area contributed by atoms with Crippen molar-refractivity contribution in [2.75, 3.05) is 52.4 Å². The Kier molecular flexibility index (Phi) is 16.7. The third-order valence-corrected chi connectivity index (χ3v) is 14.9. The highest BCUT2D eigenvalue weighted by molar-refractivity contribution is 5.79. The Morgan fingerprint density at radius 1 is 0.661 bits per heavy atom. The molecule has 0 bridgehead atoms. The first kappa shape index (κ1) is 47.8. The number of carbonyl (C=O) groups is 7. The van der Waals surface area contributed by atoms with Crippen molar-refractivity contribution in [3.8, 4) is 0 Å². The first-order chi connectivity index (χ1) is 27.6. The average molecular weight is 839 g/mol. The van der Waals surface area contributed by atoms with Crippen molar-refractivity contribution in [2.24, 2.45) is 46.3 Å². The van der Waals surface area contributed by atoms with E-state index in [1.807, 2.05) is 0 Å². The van der Waals surface area contributed by atoms with E-state index in [1.165, 1.54) is 4.90 Å². The van der Waals surface area contributed by atoms with Crippen LogP contribution in [0, 0.1) is 46.3 Å². The fourth-order valence-electron chi connectivity index (χ4n) is 12.1. The monoisotopic (exact) mass is 838 g/mol. The Morgan fingerprint density at radius 2 is 1.22 bits per heavy atom. The van der Waals surface area contributed by atoms with Gasteiger partial charge >= 0.3 is 35.8 Å². The van der Waals surface area contributed by atoms with Gasteiger partial charge in [-0.1, -0.05) is 20.8 Å². The van der Waals surface area contributed by atoms with E-state index in [9.17, 15) is 69.3 Å². The average Bonchev–Trinajstić information content (AvgIpc) is 3.49. The number of aliphatic hydroxyl groups is 1. The lowest BCUT2D eigenvalue weighted by Gasteiger charge is -2.62. The maximum absolute atomic E-state index is 13.5. The van der Waals surface area contributed by atoms with Gasteiger partial charge in [0, 0.05) is 45.1 Å². The molecule has 0 saturated heterocycles. The second kappa shape index (κ2) is 20.6. The highest BCUT2D eigenvalue weighted by atomic mass is 16.4. The molecule has 0 heterocycles. The smallest absolute Gasteiger partial charge is 0.320 e. The number of hydrogen-bond acceptors (Lipinski definition) is 11. The molecule has 4 aliphatic carbocycles. The molecular weight excluding hydrogens is 772 g/mol. The maximum atomic E-state index is 13.5. The van der Waals surface area contributed by atoms with E-state index < -0.39 is 74.1 Å². The number of carboxylic acids is 6. The fraction of sp³-hybridized carbons (Fsp3) is 0.829. The lowest BCUT2D eigenvalue weighted by atomic mass is 9.43. The number of rotatable bonds is 24. The third-order valence-electron chi connectivity index (χ3n) is 14.9. The summed E-state index contributed by atoms with van der Waals surface area (Å²) >= 11 is 0. The lowest BCUT2D eigenvalue weighted by Crippen LogP contribution is -2.59. The molecule has 59 heavy (non-hydrogen) atoms. The summed E-state index contributed by atoms with van der Waals surface area (Å²) in [4.78, 5) is 86.6. The molecule has 1 amide bonds. The van der Waals surface area contributed by atoms with Gasteiger partial charge in [-0.2, -0.15) is 0 Å². The summed E-state index contributed by atoms with van der Waals surface area (Å²) in [6.45, 7) is 3.51. The van der Waals surface area contributed by atoms with E-state index >= 15 is 0 Å². The van der Waals surface area contributed by atoms with Gasteiger partial charge in [-0.3, -0.25) is 48.3 Å². The van der Waals surface area contributed by atoms with Crippen molar-refractivity contribution in [2.45, 2.75) is 116 Å². The molecule has 4 rings (SSSR count). The Bertz CT molecular complexity index is 1470. The fourth-order valence-corrected chi connectivity index (χ4v) is 12.1. The Morgan fingerprint density at radius 3 is 1.73 bits per heavy atom. The zero-order valence-electron chi connectivity index (χ0n) is 34.7. The van der Waals surface area contributed by atoms with Crippen molar-refractivity contribution in [3.05, 3.63) is 0 Å². The molecule has 11 atom stereocenters. The first-order valence-corrected chi connectivity index (χ1v) is 21.1. The van der Waals surface area contributed by atoms with Crippen LogP contribution < -0.4 is 5.32 Å². The van der Waals surface area contributed by atoms with Crippen molar-refractivity contribution in [1.29, 1.82) is 0 Å². The zero-order valence-corrected chi connectivity index (χ0v) is 34.7. The maximum Gasteiger partial charge on any atom is 0.320 e. The molecule has 18 nitrogen and oxygen atoms in total. The predicted octanol–water partition coefficient (Wildman–Crippen LogP) is 2.08. The molecule has 0 spiro atoms. The summed E-state index contributed by atoms with van der Waals surface area (Å²) in [6, 6.07) is -1.43. The van der Waals surface area contributed by atoms with E-state index in [0.717, 1.165) is 54.7 Å². The number of carbonyl (C=O) groups excluding carboxylic acids is 1. The van der Waals surface area contributed by atoms with Gasteiger partial charge in [-0.15, -0.1) is 0 Å². The van der Waals surface area contributed by atoms with Gasteiger partial charge in [0.1, 0.15) is 6.04 Å². The first-order valence-electron chi connectivity index (χ1n) is 21.1. The van der Waals surface area contributed by atoms with E-state index in [4.69, 9.17) is 0 Å². The summed E-state index contributed by atoms with van der Waals surface area (Å²) in [5, 5.41) is 71.8. The quantitative estimate of drug-likeness (QED) is 0.0691. The molecule has 4 fully saturated rings. The van der Waals surface area contributed by atoms with Crippen LogP contribution in [-0.2, 0) is 33.6 Å². The van der Waals surface area contributed by atoms with E-state index in [1.54, 1.807) is 0 Å². The number of amides is 1. The summed E-state index contributed by atoms with van der Waals surface area (Å²) in [7, 11) is 0. The highest BCUT2D eigenvalue weighted by Crippen LogP contribution is 2.68. The molecule has 334 valence electrons. The minimum absolute atomic E-state index is 0.0152. The number of hydrogen-bond donors (Lipinski definition) is 8. The van der Waals surface area contributed by atoms with Crippen LogP contribution in [0.4, 0.5) is 0 Å². The van der Waals surface area contributed by atoms with Crippen LogP contribution in [0.25, 0.3) is 0 Å². The highest BCUT2D eigenvalue weighted by Gasteiger charge is 2.63. The molecule has 0 aliphatic heterocycles. The number of nitrogens with one attached hydrogen (secondary N) is 1. The number of aliphatic hydroxyl groups excluding tert-OH is 1. The standard InChI is InChI=1S/C41H66N4O14/c1-24(4-11-34(48)49)28-7-8-29-27-6-5-25-18-26(12-13-40(25,2)30(27)19-32(46)41(28,29)3)42-33(47)10-9-31(39(58)59)45(16-14-43(20-35(50)51)21-36(52)53)17-15-44(22-37(54)55)23-38(56)57/h24-32,46H,4-23H2,1-3H3,(H,42,47)(H,48,49)(H,50,51)(H,52,53)(H,54,55)(H,56,57)(H,58,59)/t24?,25-,26+,27?,28-,29?,30?,31+,32+,40+,41-/m1/s1. The van der Waals surface area contributed by atoms with Crippen molar-refractivity contribution in [1.82, 2.24) is 20.0 Å². The number of nitrogens with zero attached hydrogens (tertiary/aromatic N) is 3. The van der Waals surface area contributed by atoms with Gasteiger partial charge < -0.3 is 41.1 Å². The van der Waals surface area contributed by atoms with Crippen LogP contribution in [0.3, 0.4) is 0 Å². The summed E-state index contributed by atoms with van der Waals surface area (Å²) in [6.07, 6.45) is 7.09. The Hall–Kier alpha value is -3.87. The number of carboxylic acid groups (broad SMARTS) is 6. The largest absolute Gasteiger partial charge is 0.481 e. The minimum atomic E-state index is -1.31. The summed E-state index contributed by atoms with van der Waals surface area (Å²) < 4.78 is 0. The van der Waals surface area contributed by atoms with Crippen molar-refractivity contribution < 1.29 is 69.3 Å². The van der Waals surface area contributed by atoms with E-state index in [2.05, 4.69) is 26.1 Å². The summed E-state index contributed by atoms with van der Waals surface area (Å²) in [5.41, 5.74) is -0.262. The molecule has 0 aromatic heterocycles. The van der Waals surface area contributed by atoms with Gasteiger partial charge in [0.15, 0.2) is 0 Å². The molecule has 0 aromatic rings. The van der Waals surface area contributed by atoms with E-state index in [0.29, 0.717) is 36.5 Å². The van der Waals surface area contributed by atoms with Crippen LogP contribution in [0.2, 0.25) is 0 Å².